The molecule has 1 N–H and O–H groups in total. The fraction of sp³-hybridized carbons (Fsp3) is 0.688. The van der Waals surface area contributed by atoms with Gasteiger partial charge in [-0.25, -0.2) is 0 Å². The van der Waals surface area contributed by atoms with Crippen molar-refractivity contribution in [3.8, 4) is 0 Å². The minimum Gasteiger partial charge on any atom is -0.316 e. The summed E-state index contributed by atoms with van der Waals surface area (Å²) in [6.45, 7) is 2.27. The van der Waals surface area contributed by atoms with Gasteiger partial charge in [-0.3, -0.25) is 4.98 Å². The van der Waals surface area contributed by atoms with Crippen molar-refractivity contribution in [2.45, 2.75) is 63.8 Å². The number of aromatic nitrogens is 1. The van der Waals surface area contributed by atoms with E-state index in [0.717, 1.165) is 0 Å². The van der Waals surface area contributed by atoms with Crippen LogP contribution in [-0.4, -0.2) is 18.1 Å². The second kappa shape index (κ2) is 6.89. The number of fused-ring (bicyclic) bond motifs is 1. The summed E-state index contributed by atoms with van der Waals surface area (Å²) in [6.07, 6.45) is 11.1. The van der Waals surface area contributed by atoms with Crippen LogP contribution in [-0.2, 0) is 6.42 Å². The second-order valence-electron chi connectivity index (χ2n) is 5.44. The summed E-state index contributed by atoms with van der Waals surface area (Å²) >= 11 is 0. The van der Waals surface area contributed by atoms with E-state index in [9.17, 15) is 0 Å². The molecule has 0 bridgehead atoms. The molecule has 0 aliphatic heterocycles. The SMILES string of the molecule is CCCCCCC(NC)C1CCc2cccnc21. The van der Waals surface area contributed by atoms with E-state index in [1.165, 1.54) is 56.2 Å². The molecule has 100 valence electrons. The molecule has 2 nitrogen and oxygen atoms in total. The topological polar surface area (TPSA) is 24.9 Å². The first-order chi connectivity index (χ1) is 8.86. The quantitative estimate of drug-likeness (QED) is 0.743. The molecule has 0 spiro atoms. The van der Waals surface area contributed by atoms with Gasteiger partial charge in [0.1, 0.15) is 0 Å². The van der Waals surface area contributed by atoms with Gasteiger partial charge in [-0.15, -0.1) is 0 Å². The van der Waals surface area contributed by atoms with Crippen LogP contribution in [0.5, 0.6) is 0 Å². The van der Waals surface area contributed by atoms with E-state index in [4.69, 9.17) is 0 Å². The Balaban J connectivity index is 1.93. The maximum absolute atomic E-state index is 4.61. The van der Waals surface area contributed by atoms with Crippen molar-refractivity contribution < 1.29 is 0 Å². The molecule has 0 fully saturated rings. The van der Waals surface area contributed by atoms with E-state index in [-0.39, 0.29) is 0 Å². The highest BCUT2D eigenvalue weighted by atomic mass is 14.9. The standard InChI is InChI=1S/C16H26N2/c1-3-4-5-6-9-15(17-2)14-11-10-13-8-7-12-18-16(13)14/h7-8,12,14-15,17H,3-6,9-11H2,1-2H3. The van der Waals surface area contributed by atoms with Crippen molar-refractivity contribution in [2.24, 2.45) is 0 Å². The highest BCUT2D eigenvalue weighted by Gasteiger charge is 2.29. The molecule has 18 heavy (non-hydrogen) atoms. The Kier molecular flexibility index (Phi) is 5.18. The van der Waals surface area contributed by atoms with Gasteiger partial charge in [-0.2, -0.15) is 0 Å². The summed E-state index contributed by atoms with van der Waals surface area (Å²) < 4.78 is 0. The Hall–Kier alpha value is -0.890. The molecular formula is C16H26N2. The number of hydrogen-bond acceptors (Lipinski definition) is 2. The number of unbranched alkanes of at least 4 members (excludes halogenated alkanes) is 3. The first-order valence-corrected chi connectivity index (χ1v) is 7.47. The predicted molar refractivity (Wildman–Crippen MR) is 76.9 cm³/mol. The number of nitrogens with one attached hydrogen (secondary N) is 1. The predicted octanol–water partition coefficient (Wildman–Crippen LogP) is 3.67. The normalized spacial score (nSPS) is 19.8. The molecule has 1 aromatic rings. The average molecular weight is 246 g/mol. The van der Waals surface area contributed by atoms with E-state index in [0.29, 0.717) is 12.0 Å². The van der Waals surface area contributed by atoms with Crippen molar-refractivity contribution in [1.82, 2.24) is 10.3 Å². The maximum atomic E-state index is 4.61. The number of aryl methyl sites for hydroxylation is 1. The van der Waals surface area contributed by atoms with Crippen molar-refractivity contribution in [1.29, 1.82) is 0 Å². The summed E-state index contributed by atoms with van der Waals surface area (Å²) in [5, 5.41) is 3.52. The number of nitrogens with zero attached hydrogens (tertiary/aromatic N) is 1. The van der Waals surface area contributed by atoms with Gasteiger partial charge in [0.25, 0.3) is 0 Å². The molecule has 1 heterocycles. The number of pyridine rings is 1. The fourth-order valence-electron chi connectivity index (χ4n) is 3.17. The molecule has 2 rings (SSSR count). The zero-order valence-electron chi connectivity index (χ0n) is 11.8. The molecule has 0 radical (unpaired) electrons. The zero-order valence-corrected chi connectivity index (χ0v) is 11.8. The molecule has 0 amide bonds. The molecular weight excluding hydrogens is 220 g/mol. The van der Waals surface area contributed by atoms with Crippen LogP contribution in [0, 0.1) is 0 Å². The molecule has 1 aliphatic carbocycles. The lowest BCUT2D eigenvalue weighted by Crippen LogP contribution is -2.31. The molecule has 1 aromatic heterocycles. The van der Waals surface area contributed by atoms with Gasteiger partial charge < -0.3 is 5.32 Å². The molecule has 0 saturated heterocycles. The Morgan fingerprint density at radius 1 is 1.39 bits per heavy atom. The second-order valence-corrected chi connectivity index (χ2v) is 5.44. The molecule has 0 saturated carbocycles. The highest BCUT2D eigenvalue weighted by Crippen LogP contribution is 2.35. The van der Waals surface area contributed by atoms with Crippen LogP contribution in [0.3, 0.4) is 0 Å². The van der Waals surface area contributed by atoms with Crippen molar-refractivity contribution in [3.63, 3.8) is 0 Å². The van der Waals surface area contributed by atoms with Crippen molar-refractivity contribution >= 4 is 0 Å². The fourth-order valence-corrected chi connectivity index (χ4v) is 3.17. The first-order valence-electron chi connectivity index (χ1n) is 7.47. The molecule has 2 unspecified atom stereocenters. The Bertz CT molecular complexity index is 362. The summed E-state index contributed by atoms with van der Waals surface area (Å²) in [6, 6.07) is 4.92. The van der Waals surface area contributed by atoms with Gasteiger partial charge in [-0.05, 0) is 37.9 Å². The maximum Gasteiger partial charge on any atom is 0.0482 e. The van der Waals surface area contributed by atoms with Gasteiger partial charge in [0.05, 0.1) is 0 Å². The van der Waals surface area contributed by atoms with E-state index in [1.807, 2.05) is 6.20 Å². The lowest BCUT2D eigenvalue weighted by molar-refractivity contribution is 0.410. The van der Waals surface area contributed by atoms with Crippen LogP contribution in [0.2, 0.25) is 0 Å². The van der Waals surface area contributed by atoms with Crippen LogP contribution in [0.25, 0.3) is 0 Å². The minimum absolute atomic E-state index is 0.609. The van der Waals surface area contributed by atoms with Crippen LogP contribution in [0.1, 0.15) is 62.6 Å². The molecule has 2 heteroatoms. The molecule has 0 aromatic carbocycles. The lowest BCUT2D eigenvalue weighted by atomic mass is 9.92. The third kappa shape index (κ3) is 3.11. The summed E-state index contributed by atoms with van der Waals surface area (Å²) in [5.41, 5.74) is 2.82. The van der Waals surface area contributed by atoms with E-state index in [2.05, 4.69) is 36.4 Å². The van der Waals surface area contributed by atoms with Crippen molar-refractivity contribution in [3.05, 3.63) is 29.6 Å². The minimum atomic E-state index is 0.609. The van der Waals surface area contributed by atoms with Gasteiger partial charge in [-0.1, -0.05) is 38.7 Å². The Morgan fingerprint density at radius 3 is 3.06 bits per heavy atom. The lowest BCUT2D eigenvalue weighted by Gasteiger charge is -2.23. The van der Waals surface area contributed by atoms with Gasteiger partial charge in [0.2, 0.25) is 0 Å². The first kappa shape index (κ1) is 13.5. The van der Waals surface area contributed by atoms with Crippen molar-refractivity contribution in [2.75, 3.05) is 7.05 Å². The summed E-state index contributed by atoms with van der Waals surface area (Å²) in [7, 11) is 2.10. The smallest absolute Gasteiger partial charge is 0.0482 e. The highest BCUT2D eigenvalue weighted by molar-refractivity contribution is 5.29. The molecule has 2 atom stereocenters. The third-order valence-corrected chi connectivity index (χ3v) is 4.23. The average Bonchev–Trinajstić information content (AvgIpc) is 2.83. The van der Waals surface area contributed by atoms with Crippen LogP contribution < -0.4 is 5.32 Å². The number of likely N-dealkylation sites (N-methyl/N-ethyl adjacent to an activating group) is 1. The van der Waals surface area contributed by atoms with Crippen LogP contribution in [0.4, 0.5) is 0 Å². The monoisotopic (exact) mass is 246 g/mol. The number of hydrogen-bond donors (Lipinski definition) is 1. The molecule has 1 aliphatic rings. The summed E-state index contributed by atoms with van der Waals surface area (Å²) in [5.74, 6) is 0.632. The van der Waals surface area contributed by atoms with Gasteiger partial charge >= 0.3 is 0 Å². The zero-order chi connectivity index (χ0) is 12.8. The van der Waals surface area contributed by atoms with Crippen LogP contribution in [0.15, 0.2) is 18.3 Å². The number of rotatable bonds is 7. The van der Waals surface area contributed by atoms with Gasteiger partial charge in [0.15, 0.2) is 0 Å². The van der Waals surface area contributed by atoms with E-state index < -0.39 is 0 Å². The Morgan fingerprint density at radius 2 is 2.28 bits per heavy atom. The largest absolute Gasteiger partial charge is 0.316 e. The van der Waals surface area contributed by atoms with E-state index in [1.54, 1.807) is 0 Å². The van der Waals surface area contributed by atoms with Gasteiger partial charge in [0, 0.05) is 23.9 Å². The summed E-state index contributed by atoms with van der Waals surface area (Å²) in [4.78, 5) is 4.61. The third-order valence-electron chi connectivity index (χ3n) is 4.23. The Labute approximate surface area is 111 Å². The van der Waals surface area contributed by atoms with E-state index >= 15 is 0 Å². The van der Waals surface area contributed by atoms with Crippen LogP contribution >= 0.6 is 0 Å².